The average molecular weight is 312 g/mol. The summed E-state index contributed by atoms with van der Waals surface area (Å²) >= 11 is 0. The molecular weight excluding hydrogens is 288 g/mol. The lowest BCUT2D eigenvalue weighted by molar-refractivity contribution is -0.101. The Morgan fingerprint density at radius 2 is 2.09 bits per heavy atom. The number of fused-ring (bicyclic) bond motifs is 5. The second-order valence-corrected chi connectivity index (χ2v) is 7.92. The van der Waals surface area contributed by atoms with Gasteiger partial charge in [-0.15, -0.1) is 6.42 Å². The number of aliphatic hydroxyl groups excluding tert-OH is 1. The van der Waals surface area contributed by atoms with Crippen LogP contribution in [0.1, 0.15) is 49.7 Å². The van der Waals surface area contributed by atoms with Crippen molar-refractivity contribution in [3.05, 3.63) is 29.3 Å². The van der Waals surface area contributed by atoms with Gasteiger partial charge in [-0.05, 0) is 73.1 Å². The molecule has 3 heteroatoms. The maximum Gasteiger partial charge on any atom is 0.156 e. The van der Waals surface area contributed by atoms with E-state index < -0.39 is 17.1 Å². The summed E-state index contributed by atoms with van der Waals surface area (Å²) in [6, 6.07) is 5.72. The lowest BCUT2D eigenvalue weighted by Crippen LogP contribution is -2.53. The second-order valence-electron chi connectivity index (χ2n) is 7.92. The Labute approximate surface area is 137 Å². The number of aryl methyl sites for hydroxylation is 1. The standard InChI is InChI=1S/C20H24O3/c1-3-20(23)18(22)11-17-16-6-4-12-10-13(21)5-7-14(12)15(16)8-9-19(17,20)2/h1,5,7,10,15-18,21-23H,4,6,8-9,11H2,2H3/t15-,16-,17+,18-,19+,20-/m1/s1. The largest absolute Gasteiger partial charge is 0.508 e. The number of phenols is 1. The number of aromatic hydroxyl groups is 1. The minimum atomic E-state index is -1.40. The molecule has 3 N–H and O–H groups in total. The summed E-state index contributed by atoms with van der Waals surface area (Å²) in [5, 5.41) is 31.1. The lowest BCUT2D eigenvalue weighted by Gasteiger charge is -2.51. The molecule has 3 nitrogen and oxygen atoms in total. The molecule has 0 radical (unpaired) electrons. The van der Waals surface area contributed by atoms with E-state index in [1.807, 2.05) is 6.07 Å². The summed E-state index contributed by atoms with van der Waals surface area (Å²) in [6.45, 7) is 2.07. The van der Waals surface area contributed by atoms with Gasteiger partial charge in [-0.25, -0.2) is 0 Å². The van der Waals surface area contributed by atoms with Crippen molar-refractivity contribution < 1.29 is 15.3 Å². The Bertz CT molecular complexity index is 691. The van der Waals surface area contributed by atoms with Gasteiger partial charge in [0.15, 0.2) is 5.60 Å². The molecule has 0 aliphatic heterocycles. The Balaban J connectivity index is 1.74. The average Bonchev–Trinajstić information content (AvgIpc) is 2.75. The molecule has 3 aliphatic carbocycles. The molecule has 122 valence electrons. The van der Waals surface area contributed by atoms with Crippen LogP contribution in [-0.2, 0) is 6.42 Å². The van der Waals surface area contributed by atoms with Gasteiger partial charge in [-0.1, -0.05) is 18.9 Å². The molecule has 6 atom stereocenters. The molecule has 0 aromatic heterocycles. The van der Waals surface area contributed by atoms with E-state index in [4.69, 9.17) is 6.42 Å². The predicted molar refractivity (Wildman–Crippen MR) is 87.9 cm³/mol. The van der Waals surface area contributed by atoms with E-state index in [-0.39, 0.29) is 5.92 Å². The minimum Gasteiger partial charge on any atom is -0.508 e. The molecule has 0 bridgehead atoms. The van der Waals surface area contributed by atoms with Crippen molar-refractivity contribution in [3.63, 3.8) is 0 Å². The molecule has 1 aromatic carbocycles. The van der Waals surface area contributed by atoms with Crippen molar-refractivity contribution >= 4 is 0 Å². The van der Waals surface area contributed by atoms with Crippen LogP contribution in [0.3, 0.4) is 0 Å². The third-order valence-corrected chi connectivity index (χ3v) is 7.15. The predicted octanol–water partition coefficient (Wildman–Crippen LogP) is 2.58. The van der Waals surface area contributed by atoms with Crippen molar-refractivity contribution in [1.82, 2.24) is 0 Å². The van der Waals surface area contributed by atoms with Gasteiger partial charge in [0, 0.05) is 5.41 Å². The van der Waals surface area contributed by atoms with Crippen LogP contribution in [0.4, 0.5) is 0 Å². The number of terminal acetylenes is 1. The first-order valence-electron chi connectivity index (χ1n) is 8.60. The van der Waals surface area contributed by atoms with Crippen LogP contribution in [0.15, 0.2) is 18.2 Å². The van der Waals surface area contributed by atoms with Gasteiger partial charge >= 0.3 is 0 Å². The summed E-state index contributed by atoms with van der Waals surface area (Å²) < 4.78 is 0. The van der Waals surface area contributed by atoms with Gasteiger partial charge in [0.25, 0.3) is 0 Å². The second kappa shape index (κ2) is 4.75. The smallest absolute Gasteiger partial charge is 0.156 e. The molecule has 0 amide bonds. The highest BCUT2D eigenvalue weighted by Gasteiger charge is 2.65. The number of hydrogen-bond acceptors (Lipinski definition) is 3. The van der Waals surface area contributed by atoms with Crippen LogP contribution in [-0.4, -0.2) is 27.0 Å². The first-order valence-corrected chi connectivity index (χ1v) is 8.60. The van der Waals surface area contributed by atoms with Crippen LogP contribution in [0, 0.1) is 29.6 Å². The first kappa shape index (κ1) is 15.1. The van der Waals surface area contributed by atoms with E-state index >= 15 is 0 Å². The molecule has 0 saturated heterocycles. The van der Waals surface area contributed by atoms with E-state index in [0.29, 0.717) is 24.0 Å². The van der Waals surface area contributed by atoms with Gasteiger partial charge < -0.3 is 15.3 Å². The summed E-state index contributed by atoms with van der Waals surface area (Å²) in [7, 11) is 0. The third-order valence-electron chi connectivity index (χ3n) is 7.15. The maximum atomic E-state index is 10.9. The van der Waals surface area contributed by atoms with Crippen LogP contribution >= 0.6 is 0 Å². The first-order chi connectivity index (χ1) is 10.9. The summed E-state index contributed by atoms with van der Waals surface area (Å²) in [5.41, 5.74) is 0.779. The molecule has 1 aromatic rings. The van der Waals surface area contributed by atoms with Crippen molar-refractivity contribution in [2.75, 3.05) is 0 Å². The molecule has 0 heterocycles. The van der Waals surface area contributed by atoms with Crippen LogP contribution in [0.5, 0.6) is 5.75 Å². The normalized spacial score (nSPS) is 44.8. The van der Waals surface area contributed by atoms with Crippen LogP contribution < -0.4 is 0 Å². The summed E-state index contributed by atoms with van der Waals surface area (Å²) in [6.07, 6.45) is 9.17. The Morgan fingerprint density at radius 3 is 2.83 bits per heavy atom. The van der Waals surface area contributed by atoms with Gasteiger partial charge in [-0.2, -0.15) is 0 Å². The van der Waals surface area contributed by atoms with Gasteiger partial charge in [0.05, 0.1) is 6.10 Å². The highest BCUT2D eigenvalue weighted by Crippen LogP contribution is 2.64. The monoisotopic (exact) mass is 312 g/mol. The third kappa shape index (κ3) is 1.80. The molecule has 2 saturated carbocycles. The Morgan fingerprint density at radius 1 is 1.30 bits per heavy atom. The van der Waals surface area contributed by atoms with Crippen LogP contribution in [0.25, 0.3) is 0 Å². The van der Waals surface area contributed by atoms with E-state index in [2.05, 4.69) is 18.9 Å². The zero-order valence-electron chi connectivity index (χ0n) is 13.5. The molecule has 4 rings (SSSR count). The van der Waals surface area contributed by atoms with Gasteiger partial charge in [0.1, 0.15) is 5.75 Å². The number of phenolic OH excluding ortho intramolecular Hbond substituents is 1. The van der Waals surface area contributed by atoms with Crippen LogP contribution in [0.2, 0.25) is 0 Å². The summed E-state index contributed by atoms with van der Waals surface area (Å²) in [4.78, 5) is 0. The van der Waals surface area contributed by atoms with E-state index in [9.17, 15) is 15.3 Å². The topological polar surface area (TPSA) is 60.7 Å². The quantitative estimate of drug-likeness (QED) is 0.645. The number of hydrogen-bond donors (Lipinski definition) is 3. The van der Waals surface area contributed by atoms with Crippen molar-refractivity contribution in [3.8, 4) is 18.1 Å². The molecule has 0 spiro atoms. The SMILES string of the molecule is C#C[C@@]1(O)[C@H](O)C[C@H]2[C@@H]3CCc4cc(O)ccc4[C@H]3CC[C@@]21C. The van der Waals surface area contributed by atoms with Gasteiger partial charge in [0.2, 0.25) is 0 Å². The lowest BCUT2D eigenvalue weighted by atomic mass is 9.53. The van der Waals surface area contributed by atoms with Crippen molar-refractivity contribution in [2.45, 2.75) is 56.7 Å². The number of benzene rings is 1. The fraction of sp³-hybridized carbons (Fsp3) is 0.600. The number of rotatable bonds is 0. The minimum absolute atomic E-state index is 0.249. The molecule has 0 unspecified atom stereocenters. The Kier molecular flexibility index (Phi) is 3.11. The Hall–Kier alpha value is -1.50. The summed E-state index contributed by atoms with van der Waals surface area (Å²) in [5.74, 6) is 4.00. The molecular formula is C20H24O3. The highest BCUT2D eigenvalue weighted by molar-refractivity contribution is 5.41. The van der Waals surface area contributed by atoms with E-state index in [1.165, 1.54) is 11.1 Å². The fourth-order valence-corrected chi connectivity index (χ4v) is 5.85. The van der Waals surface area contributed by atoms with E-state index in [1.54, 1.807) is 6.07 Å². The highest BCUT2D eigenvalue weighted by atomic mass is 16.3. The zero-order chi connectivity index (χ0) is 16.4. The van der Waals surface area contributed by atoms with Crippen molar-refractivity contribution in [2.24, 2.45) is 17.3 Å². The molecule has 3 aliphatic rings. The molecule has 2 fully saturated rings. The number of aliphatic hydroxyl groups is 2. The van der Waals surface area contributed by atoms with Gasteiger partial charge in [-0.3, -0.25) is 0 Å². The molecule has 23 heavy (non-hydrogen) atoms. The van der Waals surface area contributed by atoms with E-state index in [0.717, 1.165) is 25.7 Å². The fourth-order valence-electron chi connectivity index (χ4n) is 5.85. The van der Waals surface area contributed by atoms with Crippen molar-refractivity contribution in [1.29, 1.82) is 0 Å². The zero-order valence-corrected chi connectivity index (χ0v) is 13.5. The maximum absolute atomic E-state index is 10.9.